The highest BCUT2D eigenvalue weighted by Crippen LogP contribution is 2.31. The topological polar surface area (TPSA) is 12.2 Å². The van der Waals surface area contributed by atoms with Gasteiger partial charge in [0.1, 0.15) is 18.6 Å². The predicted molar refractivity (Wildman–Crippen MR) is 92.0 cm³/mol. The van der Waals surface area contributed by atoms with Gasteiger partial charge in [0.25, 0.3) is 0 Å². The van der Waals surface area contributed by atoms with Crippen molar-refractivity contribution in [3.8, 4) is 5.75 Å². The van der Waals surface area contributed by atoms with Crippen LogP contribution in [0.5, 0.6) is 5.75 Å². The van der Waals surface area contributed by atoms with Crippen molar-refractivity contribution in [2.75, 3.05) is 19.7 Å². The van der Waals surface area contributed by atoms with E-state index in [2.05, 4.69) is 24.3 Å². The lowest BCUT2D eigenvalue weighted by molar-refractivity contribution is -0.515. The van der Waals surface area contributed by atoms with Crippen LogP contribution in [0.15, 0.2) is 36.9 Å². The molecule has 6 heteroatoms. The molecule has 1 aromatic carbocycles. The van der Waals surface area contributed by atoms with Crippen LogP contribution in [-0.4, -0.2) is 30.5 Å². The SMILES string of the molecule is C=CC[N+](=CCCCCCC)CCOc1cccc(C(F)(F)F)c1.[Br-]. The smallest absolute Gasteiger partial charge is 0.416 e. The second kappa shape index (κ2) is 13.0. The van der Waals surface area contributed by atoms with E-state index in [9.17, 15) is 13.2 Å². The van der Waals surface area contributed by atoms with Crippen LogP contribution in [0.1, 0.15) is 44.6 Å². The molecule has 0 aliphatic rings. The van der Waals surface area contributed by atoms with Gasteiger partial charge >= 0.3 is 6.18 Å². The molecule has 0 aliphatic heterocycles. The van der Waals surface area contributed by atoms with Crippen LogP contribution >= 0.6 is 0 Å². The second-order valence-electron chi connectivity index (χ2n) is 5.69. The summed E-state index contributed by atoms with van der Waals surface area (Å²) in [6, 6.07) is 4.98. The van der Waals surface area contributed by atoms with Gasteiger partial charge in [-0.2, -0.15) is 13.2 Å². The Hall–Kier alpha value is -1.30. The molecule has 0 fully saturated rings. The minimum absolute atomic E-state index is 0. The van der Waals surface area contributed by atoms with Crippen molar-refractivity contribution < 1.29 is 39.5 Å². The molecule has 0 aromatic heterocycles. The Labute approximate surface area is 159 Å². The molecule has 0 atom stereocenters. The van der Waals surface area contributed by atoms with E-state index in [1.165, 1.54) is 25.3 Å². The van der Waals surface area contributed by atoms with E-state index < -0.39 is 11.7 Å². The molecule has 0 amide bonds. The van der Waals surface area contributed by atoms with Crippen LogP contribution in [0.25, 0.3) is 0 Å². The Morgan fingerprint density at radius 1 is 1.20 bits per heavy atom. The van der Waals surface area contributed by atoms with Gasteiger partial charge in [-0.1, -0.05) is 38.8 Å². The molecule has 0 unspecified atom stereocenters. The van der Waals surface area contributed by atoms with Crippen molar-refractivity contribution in [1.29, 1.82) is 0 Å². The Kier molecular flexibility index (Phi) is 12.3. The number of hydrogen-bond acceptors (Lipinski definition) is 1. The highest BCUT2D eigenvalue weighted by molar-refractivity contribution is 5.51. The Balaban J connectivity index is 0.00000576. The zero-order chi connectivity index (χ0) is 17.8. The van der Waals surface area contributed by atoms with E-state index >= 15 is 0 Å². The maximum Gasteiger partial charge on any atom is 0.416 e. The lowest BCUT2D eigenvalue weighted by Gasteiger charge is -2.10. The molecule has 0 N–H and O–H groups in total. The molecular weight excluding hydrogens is 395 g/mol. The van der Waals surface area contributed by atoms with Crippen molar-refractivity contribution in [3.05, 3.63) is 42.5 Å². The number of halogens is 4. The van der Waals surface area contributed by atoms with Gasteiger partial charge in [-0.25, -0.2) is 4.58 Å². The van der Waals surface area contributed by atoms with E-state index in [1.54, 1.807) is 6.07 Å². The Bertz CT molecular complexity index is 530. The Morgan fingerprint density at radius 2 is 1.96 bits per heavy atom. The van der Waals surface area contributed by atoms with Crippen LogP contribution in [-0.2, 0) is 6.18 Å². The van der Waals surface area contributed by atoms with Crippen LogP contribution in [0.3, 0.4) is 0 Å². The standard InChI is InChI=1S/C19H27F3NO.BrH/c1-3-5-6-7-8-13-23(12-4-2)14-15-24-18-11-9-10-17(16-18)19(20,21)22;/h4,9-11,13,16H,2-3,5-8,12,14-15H2,1H3;1H/q+1;/p-1. The van der Waals surface area contributed by atoms with Gasteiger partial charge in [0, 0.05) is 6.42 Å². The molecule has 0 saturated heterocycles. The summed E-state index contributed by atoms with van der Waals surface area (Å²) >= 11 is 0. The number of benzene rings is 1. The second-order valence-corrected chi connectivity index (χ2v) is 5.69. The average molecular weight is 422 g/mol. The van der Waals surface area contributed by atoms with E-state index in [4.69, 9.17) is 4.74 Å². The lowest BCUT2D eigenvalue weighted by Crippen LogP contribution is -3.00. The predicted octanol–water partition coefficient (Wildman–Crippen LogP) is 2.33. The number of nitrogens with zero attached hydrogens (tertiary/aromatic N) is 1. The lowest BCUT2D eigenvalue weighted by atomic mass is 10.2. The summed E-state index contributed by atoms with van der Waals surface area (Å²) in [5.74, 6) is 0.242. The first-order chi connectivity index (χ1) is 11.5. The van der Waals surface area contributed by atoms with Gasteiger partial charge < -0.3 is 21.7 Å². The molecule has 0 heterocycles. The van der Waals surface area contributed by atoms with Gasteiger partial charge in [-0.05, 0) is 30.7 Å². The minimum Gasteiger partial charge on any atom is -1.00 e. The third kappa shape index (κ3) is 10.3. The summed E-state index contributed by atoms with van der Waals surface area (Å²) < 4.78 is 45.6. The number of unbranched alkanes of at least 4 members (excludes halogenated alkanes) is 4. The third-order valence-corrected chi connectivity index (χ3v) is 3.62. The third-order valence-electron chi connectivity index (χ3n) is 3.62. The molecule has 25 heavy (non-hydrogen) atoms. The molecule has 0 saturated carbocycles. The average Bonchev–Trinajstić information content (AvgIpc) is 2.54. The zero-order valence-electron chi connectivity index (χ0n) is 14.7. The fourth-order valence-electron chi connectivity index (χ4n) is 2.31. The first-order valence-corrected chi connectivity index (χ1v) is 8.45. The molecule has 1 rings (SSSR count). The summed E-state index contributed by atoms with van der Waals surface area (Å²) in [4.78, 5) is 0. The molecule has 0 spiro atoms. The summed E-state index contributed by atoms with van der Waals surface area (Å²) in [5, 5.41) is 0. The first-order valence-electron chi connectivity index (χ1n) is 8.45. The maximum absolute atomic E-state index is 12.7. The number of ether oxygens (including phenoxy) is 1. The van der Waals surface area contributed by atoms with Crippen molar-refractivity contribution in [2.24, 2.45) is 0 Å². The normalized spacial score (nSPS) is 11.8. The zero-order valence-corrected chi connectivity index (χ0v) is 16.3. The van der Waals surface area contributed by atoms with Gasteiger partial charge in [0.05, 0.1) is 5.56 Å². The van der Waals surface area contributed by atoms with Crippen molar-refractivity contribution in [2.45, 2.75) is 45.2 Å². The summed E-state index contributed by atoms with van der Waals surface area (Å²) in [7, 11) is 0. The van der Waals surface area contributed by atoms with Gasteiger partial charge in [-0.3, -0.25) is 0 Å². The van der Waals surface area contributed by atoms with Crippen molar-refractivity contribution in [1.82, 2.24) is 0 Å². The molecule has 1 aromatic rings. The van der Waals surface area contributed by atoms with Crippen LogP contribution in [0.4, 0.5) is 13.2 Å². The van der Waals surface area contributed by atoms with E-state index in [1.807, 2.05) is 6.08 Å². The van der Waals surface area contributed by atoms with Gasteiger partial charge in [0.2, 0.25) is 0 Å². The molecule has 0 radical (unpaired) electrons. The van der Waals surface area contributed by atoms with Crippen molar-refractivity contribution in [3.63, 3.8) is 0 Å². The number of rotatable bonds is 11. The number of alkyl halides is 3. The molecule has 2 nitrogen and oxygen atoms in total. The van der Waals surface area contributed by atoms with Crippen molar-refractivity contribution >= 4 is 6.21 Å². The van der Waals surface area contributed by atoms with Crippen LogP contribution < -0.4 is 21.7 Å². The van der Waals surface area contributed by atoms with E-state index in [-0.39, 0.29) is 22.7 Å². The summed E-state index contributed by atoms with van der Waals surface area (Å²) in [6.45, 7) is 7.58. The van der Waals surface area contributed by atoms with E-state index in [0.29, 0.717) is 19.7 Å². The molecular formula is C19H27BrF3NO. The monoisotopic (exact) mass is 421 g/mol. The molecule has 142 valence electrons. The van der Waals surface area contributed by atoms with E-state index in [0.717, 1.165) is 25.0 Å². The highest BCUT2D eigenvalue weighted by Gasteiger charge is 2.30. The highest BCUT2D eigenvalue weighted by atomic mass is 79.9. The fourth-order valence-corrected chi connectivity index (χ4v) is 2.31. The minimum atomic E-state index is -4.35. The quantitative estimate of drug-likeness (QED) is 0.231. The van der Waals surface area contributed by atoms with Gasteiger partial charge in [-0.15, -0.1) is 0 Å². The van der Waals surface area contributed by atoms with Gasteiger partial charge in [0.15, 0.2) is 13.1 Å². The summed E-state index contributed by atoms with van der Waals surface area (Å²) in [5.41, 5.74) is -0.689. The molecule has 0 bridgehead atoms. The first kappa shape index (κ1) is 23.7. The Morgan fingerprint density at radius 3 is 2.60 bits per heavy atom. The fraction of sp³-hybridized carbons (Fsp3) is 0.526. The van der Waals surface area contributed by atoms with Crippen LogP contribution in [0, 0.1) is 0 Å². The molecule has 0 aliphatic carbocycles. The summed E-state index contributed by atoms with van der Waals surface area (Å²) in [6.07, 6.45) is 5.42. The maximum atomic E-state index is 12.7. The number of hydrogen-bond donors (Lipinski definition) is 0. The van der Waals surface area contributed by atoms with Crippen LogP contribution in [0.2, 0.25) is 0 Å². The largest absolute Gasteiger partial charge is 1.00 e.